The summed E-state index contributed by atoms with van der Waals surface area (Å²) < 4.78 is 0. The van der Waals surface area contributed by atoms with E-state index in [1.807, 2.05) is 0 Å². The van der Waals surface area contributed by atoms with Gasteiger partial charge in [-0.25, -0.2) is 0 Å². The predicted molar refractivity (Wildman–Crippen MR) is 92.0 cm³/mol. The molecule has 0 N–H and O–H groups in total. The molecular weight excluding hydrogens is 248 g/mol. The SMILES string of the molecule is CCC(C)C(N(CC)CC)(N(CC)CC)C(C)(C)[SiH3]. The van der Waals surface area contributed by atoms with Crippen molar-refractivity contribution in [2.75, 3.05) is 26.2 Å². The van der Waals surface area contributed by atoms with Crippen LogP contribution in [0, 0.1) is 5.92 Å². The zero-order valence-electron chi connectivity index (χ0n) is 15.0. The molecule has 0 saturated carbocycles. The average Bonchev–Trinajstić information content (AvgIpc) is 2.36. The predicted octanol–water partition coefficient (Wildman–Crippen LogP) is 2.98. The molecule has 116 valence electrons. The van der Waals surface area contributed by atoms with Crippen LogP contribution >= 0.6 is 0 Å². The molecule has 3 heteroatoms. The van der Waals surface area contributed by atoms with E-state index < -0.39 is 0 Å². The van der Waals surface area contributed by atoms with Crippen LogP contribution in [0.5, 0.6) is 0 Å². The van der Waals surface area contributed by atoms with Gasteiger partial charge in [-0.05, 0) is 37.1 Å². The second-order valence-electron chi connectivity index (χ2n) is 6.63. The maximum Gasteiger partial charge on any atom is 0.0782 e. The van der Waals surface area contributed by atoms with Gasteiger partial charge in [0.1, 0.15) is 0 Å². The highest BCUT2D eigenvalue weighted by Crippen LogP contribution is 2.48. The number of nitrogens with zero attached hydrogens (tertiary/aromatic N) is 2. The van der Waals surface area contributed by atoms with E-state index in [4.69, 9.17) is 0 Å². The van der Waals surface area contributed by atoms with Gasteiger partial charge in [-0.3, -0.25) is 9.80 Å². The molecule has 19 heavy (non-hydrogen) atoms. The van der Waals surface area contributed by atoms with Crippen molar-refractivity contribution in [3.8, 4) is 0 Å². The second-order valence-corrected chi connectivity index (χ2v) is 9.13. The molecule has 0 aliphatic rings. The lowest BCUT2D eigenvalue weighted by Crippen LogP contribution is -2.69. The van der Waals surface area contributed by atoms with Gasteiger partial charge in [0.15, 0.2) is 0 Å². The van der Waals surface area contributed by atoms with Gasteiger partial charge in [0, 0.05) is 10.2 Å². The van der Waals surface area contributed by atoms with Gasteiger partial charge >= 0.3 is 0 Å². The lowest BCUT2D eigenvalue weighted by atomic mass is 9.78. The van der Waals surface area contributed by atoms with Gasteiger partial charge < -0.3 is 0 Å². The molecule has 0 aromatic carbocycles. The molecule has 0 radical (unpaired) electrons. The summed E-state index contributed by atoms with van der Waals surface area (Å²) in [7, 11) is 1.22. The molecule has 2 nitrogen and oxygen atoms in total. The van der Waals surface area contributed by atoms with Crippen LogP contribution in [0.3, 0.4) is 0 Å². The first-order valence-corrected chi connectivity index (χ1v) is 9.27. The Morgan fingerprint density at radius 2 is 1.16 bits per heavy atom. The van der Waals surface area contributed by atoms with E-state index in [2.05, 4.69) is 65.2 Å². The Hall–Kier alpha value is 0.137. The van der Waals surface area contributed by atoms with Gasteiger partial charge in [0.05, 0.1) is 5.66 Å². The summed E-state index contributed by atoms with van der Waals surface area (Å²) in [5.74, 6) is 0.694. The van der Waals surface area contributed by atoms with Crippen LogP contribution in [0.25, 0.3) is 0 Å². The van der Waals surface area contributed by atoms with E-state index >= 15 is 0 Å². The summed E-state index contributed by atoms with van der Waals surface area (Å²) in [5, 5.41) is 0.375. The molecule has 0 rings (SSSR count). The highest BCUT2D eigenvalue weighted by Gasteiger charge is 2.51. The largest absolute Gasteiger partial charge is 0.285 e. The minimum Gasteiger partial charge on any atom is -0.285 e. The maximum absolute atomic E-state index is 2.72. The molecule has 1 unspecified atom stereocenters. The van der Waals surface area contributed by atoms with Crippen LogP contribution in [0.15, 0.2) is 0 Å². The minimum absolute atomic E-state index is 0.209. The van der Waals surface area contributed by atoms with Crippen LogP contribution in [-0.2, 0) is 0 Å². The van der Waals surface area contributed by atoms with Crippen LogP contribution < -0.4 is 0 Å². The standard InChI is InChI=1S/C16H38N2Si/c1-9-14(6)16(15(7,8)19,17(10-2)11-3)18(12-4)13-5/h14H,9-13H2,1-8,19H3. The summed E-state index contributed by atoms with van der Waals surface area (Å²) >= 11 is 0. The highest BCUT2D eigenvalue weighted by molar-refractivity contribution is 6.15. The Morgan fingerprint density at radius 1 is 0.842 bits per heavy atom. The van der Waals surface area contributed by atoms with Crippen molar-refractivity contribution in [2.24, 2.45) is 5.92 Å². The topological polar surface area (TPSA) is 6.48 Å². The first kappa shape index (κ1) is 19.1. The molecule has 1 atom stereocenters. The molecule has 0 bridgehead atoms. The summed E-state index contributed by atoms with van der Waals surface area (Å²) in [6.45, 7) is 23.6. The van der Waals surface area contributed by atoms with Crippen molar-refractivity contribution < 1.29 is 0 Å². The van der Waals surface area contributed by atoms with Crippen molar-refractivity contribution in [3.63, 3.8) is 0 Å². The number of rotatable bonds is 9. The van der Waals surface area contributed by atoms with E-state index in [0.717, 1.165) is 26.2 Å². The summed E-state index contributed by atoms with van der Waals surface area (Å²) in [4.78, 5) is 5.45. The van der Waals surface area contributed by atoms with Crippen molar-refractivity contribution in [3.05, 3.63) is 0 Å². The maximum atomic E-state index is 2.72. The van der Waals surface area contributed by atoms with E-state index in [1.165, 1.54) is 16.7 Å². The number of hydrogen-bond acceptors (Lipinski definition) is 2. The molecular formula is C16H38N2Si. The Labute approximate surface area is 125 Å². The molecule has 0 spiro atoms. The molecule has 0 amide bonds. The van der Waals surface area contributed by atoms with Gasteiger partial charge in [-0.15, -0.1) is 0 Å². The van der Waals surface area contributed by atoms with Crippen molar-refractivity contribution in [1.82, 2.24) is 9.80 Å². The Balaban J connectivity index is 6.00. The van der Waals surface area contributed by atoms with E-state index in [0.29, 0.717) is 11.0 Å². The van der Waals surface area contributed by atoms with Crippen LogP contribution in [-0.4, -0.2) is 51.9 Å². The zero-order chi connectivity index (χ0) is 15.3. The molecule has 0 heterocycles. The molecule has 0 aliphatic carbocycles. The van der Waals surface area contributed by atoms with Crippen molar-refractivity contribution >= 4 is 10.2 Å². The fourth-order valence-corrected chi connectivity index (χ4v) is 5.33. The van der Waals surface area contributed by atoms with Gasteiger partial charge in [0.2, 0.25) is 0 Å². The summed E-state index contributed by atoms with van der Waals surface area (Å²) in [6, 6.07) is 0. The lowest BCUT2D eigenvalue weighted by molar-refractivity contribution is -0.116. The average molecular weight is 287 g/mol. The molecule has 0 aliphatic heterocycles. The van der Waals surface area contributed by atoms with Crippen molar-refractivity contribution in [1.29, 1.82) is 0 Å². The third kappa shape index (κ3) is 3.42. The molecule has 0 fully saturated rings. The van der Waals surface area contributed by atoms with E-state index in [9.17, 15) is 0 Å². The summed E-state index contributed by atoms with van der Waals surface area (Å²) in [6.07, 6.45) is 1.25. The minimum atomic E-state index is 0.209. The van der Waals surface area contributed by atoms with E-state index in [-0.39, 0.29) is 5.66 Å². The van der Waals surface area contributed by atoms with Gasteiger partial charge in [-0.2, -0.15) is 0 Å². The summed E-state index contributed by atoms with van der Waals surface area (Å²) in [5.41, 5.74) is 0.209. The third-order valence-corrected chi connectivity index (χ3v) is 5.63. The van der Waals surface area contributed by atoms with Crippen LogP contribution in [0.2, 0.25) is 5.04 Å². The van der Waals surface area contributed by atoms with Crippen molar-refractivity contribution in [2.45, 2.75) is 72.5 Å². The van der Waals surface area contributed by atoms with Gasteiger partial charge in [-0.1, -0.05) is 61.8 Å². The Morgan fingerprint density at radius 3 is 1.32 bits per heavy atom. The quantitative estimate of drug-likeness (QED) is 0.475. The first-order chi connectivity index (χ1) is 8.77. The smallest absolute Gasteiger partial charge is 0.0782 e. The van der Waals surface area contributed by atoms with Crippen LogP contribution in [0.1, 0.15) is 61.8 Å². The number of hydrogen-bond donors (Lipinski definition) is 0. The lowest BCUT2D eigenvalue weighted by Gasteiger charge is -2.61. The molecule has 0 aromatic rings. The zero-order valence-corrected chi connectivity index (χ0v) is 17.0. The highest BCUT2D eigenvalue weighted by atomic mass is 28.1. The Kier molecular flexibility index (Phi) is 7.85. The third-order valence-electron chi connectivity index (χ3n) is 4.89. The Bertz CT molecular complexity index is 228. The normalized spacial score (nSPS) is 15.5. The fraction of sp³-hybridized carbons (Fsp3) is 1.00. The molecule has 0 saturated heterocycles. The molecule has 0 aromatic heterocycles. The fourth-order valence-electron chi connectivity index (χ4n) is 4.21. The second kappa shape index (κ2) is 7.80. The monoisotopic (exact) mass is 286 g/mol. The van der Waals surface area contributed by atoms with Crippen LogP contribution in [0.4, 0.5) is 0 Å². The van der Waals surface area contributed by atoms with Gasteiger partial charge in [0.25, 0.3) is 0 Å². The first-order valence-electron chi connectivity index (χ1n) is 8.27. The van der Waals surface area contributed by atoms with E-state index in [1.54, 1.807) is 0 Å².